The first kappa shape index (κ1) is 66.7. The molecule has 0 aromatic rings. The number of carbonyl (C=O) groups is 2. The summed E-state index contributed by atoms with van der Waals surface area (Å²) < 4.78 is 32.8. The van der Waals surface area contributed by atoms with Crippen LogP contribution in [0, 0.1) is 0 Å². The van der Waals surface area contributed by atoms with Gasteiger partial charge in [-0.15, -0.1) is 0 Å². The van der Waals surface area contributed by atoms with Crippen molar-refractivity contribution in [3.8, 4) is 0 Å². The number of ether oxygens (including phenoxy) is 2. The first-order chi connectivity index (χ1) is 34.3. The zero-order valence-electron chi connectivity index (χ0n) is 44.5. The number of allylic oxidation sites excluding steroid dienone is 18. The molecule has 10 heteroatoms. The second-order valence-electron chi connectivity index (χ2n) is 18.1. The van der Waals surface area contributed by atoms with Gasteiger partial charge in [-0.25, -0.2) is 4.57 Å². The van der Waals surface area contributed by atoms with Crippen molar-refractivity contribution in [2.45, 2.75) is 232 Å². The van der Waals surface area contributed by atoms with Gasteiger partial charge in [-0.3, -0.25) is 18.6 Å². The summed E-state index contributed by atoms with van der Waals surface area (Å²) in [5, 5.41) is 0. The molecule has 0 aliphatic heterocycles. The highest BCUT2D eigenvalue weighted by Crippen LogP contribution is 2.43. The fourth-order valence-corrected chi connectivity index (χ4v) is 8.10. The Kier molecular flexibility index (Phi) is 52.4. The van der Waals surface area contributed by atoms with E-state index in [1.807, 2.05) is 0 Å². The SMILES string of the molecule is CC/C=C\C/C=C\C/C=C\C/C=C\C/C=C\C/C=C\C/C=C\C/C=C\C/C=C\CCCCCCCCCCCCCCCC(=O)OC(COC(=O)CCCCCCCCCC)COP(=O)(O)OCCN. The van der Waals surface area contributed by atoms with Crippen molar-refractivity contribution in [1.29, 1.82) is 0 Å². The summed E-state index contributed by atoms with van der Waals surface area (Å²) in [6, 6.07) is 0. The van der Waals surface area contributed by atoms with Gasteiger partial charge in [0.2, 0.25) is 0 Å². The second kappa shape index (κ2) is 55.0. The van der Waals surface area contributed by atoms with Crippen molar-refractivity contribution < 1.29 is 37.6 Å². The van der Waals surface area contributed by atoms with Crippen LogP contribution in [0.4, 0.5) is 0 Å². The minimum Gasteiger partial charge on any atom is -0.462 e. The lowest BCUT2D eigenvalue weighted by atomic mass is 10.0. The molecule has 2 atom stereocenters. The molecule has 0 spiro atoms. The smallest absolute Gasteiger partial charge is 0.462 e. The first-order valence-electron chi connectivity index (χ1n) is 27.9. The Morgan fingerprint density at radius 2 is 0.786 bits per heavy atom. The summed E-state index contributed by atoms with van der Waals surface area (Å²) in [7, 11) is -4.38. The third kappa shape index (κ3) is 54.0. The highest BCUT2D eigenvalue weighted by Gasteiger charge is 2.26. The lowest BCUT2D eigenvalue weighted by molar-refractivity contribution is -0.161. The monoisotopic (exact) mass is 996 g/mol. The van der Waals surface area contributed by atoms with E-state index in [1.165, 1.54) is 96.3 Å². The molecule has 0 aliphatic rings. The van der Waals surface area contributed by atoms with Crippen molar-refractivity contribution in [1.82, 2.24) is 0 Å². The summed E-state index contributed by atoms with van der Waals surface area (Å²) >= 11 is 0. The fourth-order valence-electron chi connectivity index (χ4n) is 7.33. The molecule has 400 valence electrons. The highest BCUT2D eigenvalue weighted by atomic mass is 31.2. The third-order valence-corrected chi connectivity index (χ3v) is 12.4. The molecule has 0 rings (SSSR count). The minimum absolute atomic E-state index is 0.0507. The van der Waals surface area contributed by atoms with Gasteiger partial charge in [0.15, 0.2) is 6.10 Å². The van der Waals surface area contributed by atoms with Gasteiger partial charge in [0, 0.05) is 19.4 Å². The zero-order valence-corrected chi connectivity index (χ0v) is 45.4. The number of nitrogens with two attached hydrogens (primary N) is 1. The van der Waals surface area contributed by atoms with E-state index in [-0.39, 0.29) is 38.6 Å². The highest BCUT2D eigenvalue weighted by molar-refractivity contribution is 7.47. The molecular formula is C60H102NO8P. The van der Waals surface area contributed by atoms with Crippen LogP contribution in [-0.4, -0.2) is 49.3 Å². The quantitative estimate of drug-likeness (QED) is 0.0264. The molecular weight excluding hydrogens is 894 g/mol. The van der Waals surface area contributed by atoms with E-state index >= 15 is 0 Å². The van der Waals surface area contributed by atoms with E-state index in [1.54, 1.807) is 0 Å². The molecule has 0 bridgehead atoms. The maximum Gasteiger partial charge on any atom is 0.472 e. The van der Waals surface area contributed by atoms with Gasteiger partial charge < -0.3 is 20.1 Å². The fraction of sp³-hybridized carbons (Fsp3) is 0.667. The Hall–Kier alpha value is -3.33. The Morgan fingerprint density at radius 1 is 0.443 bits per heavy atom. The number of hydrogen-bond donors (Lipinski definition) is 2. The van der Waals surface area contributed by atoms with Crippen molar-refractivity contribution in [2.75, 3.05) is 26.4 Å². The van der Waals surface area contributed by atoms with Gasteiger partial charge in [-0.1, -0.05) is 239 Å². The number of carbonyl (C=O) groups excluding carboxylic acids is 2. The van der Waals surface area contributed by atoms with Crippen molar-refractivity contribution in [3.63, 3.8) is 0 Å². The Morgan fingerprint density at radius 3 is 1.17 bits per heavy atom. The van der Waals surface area contributed by atoms with Crippen LogP contribution in [0.15, 0.2) is 109 Å². The van der Waals surface area contributed by atoms with Crippen LogP contribution in [0.5, 0.6) is 0 Å². The largest absolute Gasteiger partial charge is 0.472 e. The summed E-state index contributed by atoms with van der Waals surface area (Å²) in [6.45, 7) is 3.58. The molecule has 70 heavy (non-hydrogen) atoms. The Balaban J connectivity index is 3.84. The van der Waals surface area contributed by atoms with Crippen LogP contribution >= 0.6 is 7.82 Å². The van der Waals surface area contributed by atoms with E-state index in [2.05, 4.69) is 123 Å². The average Bonchev–Trinajstić information content (AvgIpc) is 3.35. The van der Waals surface area contributed by atoms with E-state index in [0.29, 0.717) is 6.42 Å². The number of rotatable bonds is 51. The summed E-state index contributed by atoms with van der Waals surface area (Å²) in [5.41, 5.74) is 5.35. The number of hydrogen-bond acceptors (Lipinski definition) is 8. The maximum atomic E-state index is 12.6. The molecule has 0 aromatic heterocycles. The van der Waals surface area contributed by atoms with Gasteiger partial charge in [0.05, 0.1) is 13.2 Å². The van der Waals surface area contributed by atoms with Gasteiger partial charge in [0.25, 0.3) is 0 Å². The van der Waals surface area contributed by atoms with Crippen LogP contribution in [0.1, 0.15) is 226 Å². The molecule has 0 heterocycles. The average molecular weight is 996 g/mol. The second-order valence-corrected chi connectivity index (χ2v) is 19.5. The number of esters is 2. The van der Waals surface area contributed by atoms with E-state index in [0.717, 1.165) is 96.3 Å². The number of unbranched alkanes of at least 4 members (excludes halogenated alkanes) is 20. The van der Waals surface area contributed by atoms with Gasteiger partial charge in [0.1, 0.15) is 6.61 Å². The molecule has 0 saturated carbocycles. The molecule has 3 N–H and O–H groups in total. The summed E-state index contributed by atoms with van der Waals surface area (Å²) in [6.07, 6.45) is 74.6. The molecule has 0 aliphatic carbocycles. The predicted molar refractivity (Wildman–Crippen MR) is 298 cm³/mol. The topological polar surface area (TPSA) is 134 Å². The molecule has 9 nitrogen and oxygen atoms in total. The number of phosphoric ester groups is 1. The van der Waals surface area contributed by atoms with Crippen molar-refractivity contribution >= 4 is 19.8 Å². The zero-order chi connectivity index (χ0) is 51.0. The van der Waals surface area contributed by atoms with Gasteiger partial charge >= 0.3 is 19.8 Å². The minimum atomic E-state index is -4.38. The molecule has 2 unspecified atom stereocenters. The van der Waals surface area contributed by atoms with Crippen molar-refractivity contribution in [3.05, 3.63) is 109 Å². The molecule has 0 fully saturated rings. The van der Waals surface area contributed by atoms with Crippen LogP contribution in [0.2, 0.25) is 0 Å². The predicted octanol–water partition coefficient (Wildman–Crippen LogP) is 17.5. The summed E-state index contributed by atoms with van der Waals surface area (Å²) in [5.74, 6) is -0.836. The number of phosphoric acid groups is 1. The van der Waals surface area contributed by atoms with Crippen molar-refractivity contribution in [2.24, 2.45) is 5.73 Å². The molecule has 0 saturated heterocycles. The Labute approximate surface area is 429 Å². The van der Waals surface area contributed by atoms with E-state index < -0.39 is 26.5 Å². The van der Waals surface area contributed by atoms with Crippen LogP contribution in [-0.2, 0) is 32.7 Å². The molecule has 0 aromatic carbocycles. The standard InChI is InChI=1S/C60H102NO8P/c1-3-5-7-9-11-13-14-15-16-17-18-19-20-21-22-23-24-25-26-27-28-29-30-31-32-33-34-35-36-37-38-39-40-41-42-43-44-45-47-49-51-53-60(63)69-58(57-68-70(64,65)67-55-54-61)56-66-59(62)52-50-48-46-12-10-8-6-4-2/h5,7,11,13,15-16,18-19,21-22,24-25,27-28,30-31,33-34,58H,3-4,6,8-10,12,14,17,20,23,26,29,32,35-57,61H2,1-2H3,(H,64,65)/b7-5-,13-11-,16-15-,19-18-,22-21-,25-24-,28-27-,31-30-,34-33-. The van der Waals surface area contributed by atoms with Crippen LogP contribution < -0.4 is 5.73 Å². The molecule has 0 amide bonds. The lowest BCUT2D eigenvalue weighted by Crippen LogP contribution is -2.29. The van der Waals surface area contributed by atoms with E-state index in [4.69, 9.17) is 24.3 Å². The van der Waals surface area contributed by atoms with Crippen LogP contribution in [0.3, 0.4) is 0 Å². The van der Waals surface area contributed by atoms with Gasteiger partial charge in [-0.2, -0.15) is 0 Å². The van der Waals surface area contributed by atoms with Crippen LogP contribution in [0.25, 0.3) is 0 Å². The maximum absolute atomic E-state index is 12.6. The lowest BCUT2D eigenvalue weighted by Gasteiger charge is -2.19. The van der Waals surface area contributed by atoms with E-state index in [9.17, 15) is 19.0 Å². The normalized spacial score (nSPS) is 13.9. The van der Waals surface area contributed by atoms with Gasteiger partial charge in [-0.05, 0) is 83.5 Å². The first-order valence-corrected chi connectivity index (χ1v) is 29.4. The third-order valence-electron chi connectivity index (χ3n) is 11.4. The summed E-state index contributed by atoms with van der Waals surface area (Å²) in [4.78, 5) is 34.8. The molecule has 0 radical (unpaired) electrons. The Bertz CT molecular complexity index is 1510.